The van der Waals surface area contributed by atoms with Crippen LogP contribution in [0.3, 0.4) is 0 Å². The van der Waals surface area contributed by atoms with Gasteiger partial charge in [0, 0.05) is 18.3 Å². The standard InChI is InChI=1S/C15H27N3O/c1-14(2,3)16-10-12-7-9-18(17-12)11-13-6-8-15(4,5)19-13/h7,9,13,16H,6,8,10-11H2,1-5H3. The third kappa shape index (κ3) is 4.62. The SMILES string of the molecule is CC(C)(C)NCc1ccn(CC2CCC(C)(C)O2)n1. The number of nitrogens with one attached hydrogen (secondary N) is 1. The fourth-order valence-corrected chi connectivity index (χ4v) is 2.37. The molecule has 1 atom stereocenters. The minimum absolute atomic E-state index is 0.0362. The van der Waals surface area contributed by atoms with Gasteiger partial charge in [0.2, 0.25) is 0 Å². The maximum absolute atomic E-state index is 6.00. The van der Waals surface area contributed by atoms with Crippen LogP contribution < -0.4 is 5.32 Å². The summed E-state index contributed by atoms with van der Waals surface area (Å²) in [4.78, 5) is 0. The van der Waals surface area contributed by atoms with Crippen molar-refractivity contribution in [3.8, 4) is 0 Å². The molecule has 0 spiro atoms. The molecule has 0 aromatic carbocycles. The molecule has 1 fully saturated rings. The molecule has 1 aliphatic rings. The summed E-state index contributed by atoms with van der Waals surface area (Å²) in [6, 6.07) is 2.08. The van der Waals surface area contributed by atoms with Crippen molar-refractivity contribution in [3.05, 3.63) is 18.0 Å². The van der Waals surface area contributed by atoms with Crippen molar-refractivity contribution in [2.24, 2.45) is 0 Å². The average molecular weight is 265 g/mol. The lowest BCUT2D eigenvalue weighted by Crippen LogP contribution is -2.35. The minimum Gasteiger partial charge on any atom is -0.370 e. The average Bonchev–Trinajstić information content (AvgIpc) is 2.82. The van der Waals surface area contributed by atoms with E-state index in [2.05, 4.69) is 51.1 Å². The summed E-state index contributed by atoms with van der Waals surface area (Å²) in [6.45, 7) is 12.5. The maximum Gasteiger partial charge on any atom is 0.0779 e. The van der Waals surface area contributed by atoms with Crippen LogP contribution in [0.25, 0.3) is 0 Å². The van der Waals surface area contributed by atoms with Crippen molar-refractivity contribution < 1.29 is 4.74 Å². The molecular weight excluding hydrogens is 238 g/mol. The van der Waals surface area contributed by atoms with E-state index in [0.717, 1.165) is 31.6 Å². The van der Waals surface area contributed by atoms with E-state index < -0.39 is 0 Å². The van der Waals surface area contributed by atoms with E-state index in [1.54, 1.807) is 0 Å². The zero-order chi connectivity index (χ0) is 14.1. The molecule has 1 aromatic rings. The van der Waals surface area contributed by atoms with Crippen LogP contribution in [-0.2, 0) is 17.8 Å². The molecule has 0 aliphatic carbocycles. The fourth-order valence-electron chi connectivity index (χ4n) is 2.37. The predicted molar refractivity (Wildman–Crippen MR) is 77.0 cm³/mol. The molecule has 1 saturated heterocycles. The Hall–Kier alpha value is -0.870. The van der Waals surface area contributed by atoms with Crippen molar-refractivity contribution >= 4 is 0 Å². The molecule has 2 heterocycles. The highest BCUT2D eigenvalue weighted by Gasteiger charge is 2.31. The van der Waals surface area contributed by atoms with E-state index in [9.17, 15) is 0 Å². The van der Waals surface area contributed by atoms with Gasteiger partial charge < -0.3 is 10.1 Å². The molecule has 1 unspecified atom stereocenters. The summed E-state index contributed by atoms with van der Waals surface area (Å²) in [5.74, 6) is 0. The first-order valence-corrected chi connectivity index (χ1v) is 7.19. The van der Waals surface area contributed by atoms with Crippen LogP contribution in [0.2, 0.25) is 0 Å². The Labute approximate surface area is 116 Å². The predicted octanol–water partition coefficient (Wildman–Crippen LogP) is 2.73. The first-order chi connectivity index (χ1) is 8.73. The Morgan fingerprint density at radius 3 is 2.79 bits per heavy atom. The highest BCUT2D eigenvalue weighted by Crippen LogP contribution is 2.29. The smallest absolute Gasteiger partial charge is 0.0779 e. The van der Waals surface area contributed by atoms with Gasteiger partial charge in [0.15, 0.2) is 0 Å². The number of ether oxygens (including phenoxy) is 1. The second kappa shape index (κ2) is 5.25. The highest BCUT2D eigenvalue weighted by molar-refractivity contribution is 4.99. The Morgan fingerprint density at radius 1 is 1.47 bits per heavy atom. The summed E-state index contributed by atoms with van der Waals surface area (Å²) in [5.41, 5.74) is 1.25. The quantitative estimate of drug-likeness (QED) is 0.910. The number of hydrogen-bond acceptors (Lipinski definition) is 3. The molecule has 2 rings (SSSR count). The molecule has 4 heteroatoms. The highest BCUT2D eigenvalue weighted by atomic mass is 16.5. The first-order valence-electron chi connectivity index (χ1n) is 7.19. The van der Waals surface area contributed by atoms with Gasteiger partial charge in [-0.3, -0.25) is 4.68 Å². The number of hydrogen-bond donors (Lipinski definition) is 1. The van der Waals surface area contributed by atoms with Gasteiger partial charge in [0.25, 0.3) is 0 Å². The molecule has 1 aromatic heterocycles. The van der Waals surface area contributed by atoms with E-state index in [0.29, 0.717) is 6.10 Å². The molecule has 0 radical (unpaired) electrons. The summed E-state index contributed by atoms with van der Waals surface area (Å²) >= 11 is 0. The normalized spacial score (nSPS) is 22.9. The molecule has 19 heavy (non-hydrogen) atoms. The van der Waals surface area contributed by atoms with Gasteiger partial charge in [0.1, 0.15) is 0 Å². The van der Waals surface area contributed by atoms with Crippen LogP contribution in [0, 0.1) is 0 Å². The zero-order valence-electron chi connectivity index (χ0n) is 12.9. The van der Waals surface area contributed by atoms with Crippen LogP contribution in [-0.4, -0.2) is 27.0 Å². The Bertz CT molecular complexity index is 417. The topological polar surface area (TPSA) is 39.1 Å². The summed E-state index contributed by atoms with van der Waals surface area (Å²) in [6.07, 6.45) is 4.62. The van der Waals surface area contributed by atoms with Gasteiger partial charge in [-0.25, -0.2) is 0 Å². The summed E-state index contributed by atoms with van der Waals surface area (Å²) < 4.78 is 8.01. The molecule has 1 aliphatic heterocycles. The lowest BCUT2D eigenvalue weighted by molar-refractivity contribution is -0.0230. The van der Waals surface area contributed by atoms with Gasteiger partial charge >= 0.3 is 0 Å². The molecule has 0 amide bonds. The molecule has 0 bridgehead atoms. The van der Waals surface area contributed by atoms with Gasteiger partial charge in [-0.2, -0.15) is 5.10 Å². The van der Waals surface area contributed by atoms with E-state index in [-0.39, 0.29) is 11.1 Å². The third-order valence-electron chi connectivity index (χ3n) is 3.44. The van der Waals surface area contributed by atoms with Crippen molar-refractivity contribution in [3.63, 3.8) is 0 Å². The van der Waals surface area contributed by atoms with Crippen LogP contribution in [0.15, 0.2) is 12.3 Å². The second-order valence-electron chi connectivity index (χ2n) is 7.17. The molecule has 108 valence electrons. The van der Waals surface area contributed by atoms with E-state index in [4.69, 9.17) is 4.74 Å². The number of nitrogens with zero attached hydrogens (tertiary/aromatic N) is 2. The summed E-state index contributed by atoms with van der Waals surface area (Å²) in [7, 11) is 0. The molecular formula is C15H27N3O. The minimum atomic E-state index is 0.0362. The van der Waals surface area contributed by atoms with Crippen molar-refractivity contribution in [2.45, 2.75) is 77.8 Å². The van der Waals surface area contributed by atoms with E-state index in [1.165, 1.54) is 0 Å². The molecule has 0 saturated carbocycles. The first kappa shape index (κ1) is 14.5. The van der Waals surface area contributed by atoms with Crippen LogP contribution >= 0.6 is 0 Å². The Morgan fingerprint density at radius 2 is 2.21 bits per heavy atom. The van der Waals surface area contributed by atoms with Gasteiger partial charge in [0.05, 0.1) is 23.9 Å². The molecule has 1 N–H and O–H groups in total. The van der Waals surface area contributed by atoms with Crippen molar-refractivity contribution in [1.82, 2.24) is 15.1 Å². The van der Waals surface area contributed by atoms with Crippen molar-refractivity contribution in [1.29, 1.82) is 0 Å². The number of rotatable bonds is 4. The lowest BCUT2D eigenvalue weighted by atomic mass is 10.1. The number of aromatic nitrogens is 2. The maximum atomic E-state index is 6.00. The third-order valence-corrected chi connectivity index (χ3v) is 3.44. The second-order valence-corrected chi connectivity index (χ2v) is 7.17. The fraction of sp³-hybridized carbons (Fsp3) is 0.800. The monoisotopic (exact) mass is 265 g/mol. The van der Waals surface area contributed by atoms with Crippen LogP contribution in [0.4, 0.5) is 0 Å². The van der Waals surface area contributed by atoms with Crippen LogP contribution in [0.1, 0.15) is 53.2 Å². The Balaban J connectivity index is 1.84. The lowest BCUT2D eigenvalue weighted by Gasteiger charge is -2.20. The Kier molecular flexibility index (Phi) is 4.02. The zero-order valence-corrected chi connectivity index (χ0v) is 12.9. The van der Waals surface area contributed by atoms with E-state index in [1.807, 2.05) is 10.9 Å². The van der Waals surface area contributed by atoms with Gasteiger partial charge in [-0.15, -0.1) is 0 Å². The molecule has 4 nitrogen and oxygen atoms in total. The van der Waals surface area contributed by atoms with Crippen molar-refractivity contribution in [2.75, 3.05) is 0 Å². The van der Waals surface area contributed by atoms with E-state index >= 15 is 0 Å². The van der Waals surface area contributed by atoms with Gasteiger partial charge in [-0.05, 0) is 53.5 Å². The van der Waals surface area contributed by atoms with Gasteiger partial charge in [-0.1, -0.05) is 0 Å². The summed E-state index contributed by atoms with van der Waals surface area (Å²) in [5, 5.41) is 8.05. The largest absolute Gasteiger partial charge is 0.370 e. The van der Waals surface area contributed by atoms with Crippen LogP contribution in [0.5, 0.6) is 0 Å².